The minimum atomic E-state index is 0.300. The van der Waals surface area contributed by atoms with E-state index in [2.05, 4.69) is 48.3 Å². The van der Waals surface area contributed by atoms with Gasteiger partial charge in [0.25, 0.3) is 0 Å². The minimum absolute atomic E-state index is 0.300. The number of hydrogen-bond acceptors (Lipinski definition) is 3. The molecule has 0 amide bonds. The molecule has 1 aromatic carbocycles. The fourth-order valence-corrected chi connectivity index (χ4v) is 1.78. The smallest absolute Gasteiger partial charge is 0.139 e. The van der Waals surface area contributed by atoms with Crippen LogP contribution in [0.1, 0.15) is 24.0 Å². The average molecular weight is 235 g/mol. The van der Waals surface area contributed by atoms with Gasteiger partial charge in [-0.3, -0.25) is 0 Å². The number of oxime groups is 1. The molecule has 0 aliphatic carbocycles. The van der Waals surface area contributed by atoms with Crippen molar-refractivity contribution in [3.63, 3.8) is 0 Å². The van der Waals surface area contributed by atoms with Crippen molar-refractivity contribution >= 4 is 5.84 Å². The number of benzene rings is 1. The molecule has 94 valence electrons. The van der Waals surface area contributed by atoms with Crippen LogP contribution in [0.2, 0.25) is 0 Å². The molecule has 0 aliphatic rings. The molecule has 0 saturated carbocycles. The van der Waals surface area contributed by atoms with Crippen LogP contribution in [-0.2, 0) is 6.54 Å². The number of nitrogens with two attached hydrogens (primary N) is 1. The first kappa shape index (κ1) is 13.5. The van der Waals surface area contributed by atoms with E-state index in [4.69, 9.17) is 10.9 Å². The quantitative estimate of drug-likeness (QED) is 0.343. The second kappa shape index (κ2) is 6.91. The molecule has 4 nitrogen and oxygen atoms in total. The first-order chi connectivity index (χ1) is 8.11. The number of aryl methyl sites for hydroxylation is 1. The normalized spacial score (nSPS) is 12.1. The summed E-state index contributed by atoms with van der Waals surface area (Å²) in [6.07, 6.45) is 1.53. The van der Waals surface area contributed by atoms with Crippen LogP contribution >= 0.6 is 0 Å². The van der Waals surface area contributed by atoms with Crippen molar-refractivity contribution < 1.29 is 5.21 Å². The van der Waals surface area contributed by atoms with E-state index in [1.165, 1.54) is 11.1 Å². The second-order valence-electron chi connectivity index (χ2n) is 4.42. The molecular formula is C13H21N3O. The Labute approximate surface area is 103 Å². The van der Waals surface area contributed by atoms with Crippen molar-refractivity contribution in [3.8, 4) is 0 Å². The van der Waals surface area contributed by atoms with Crippen molar-refractivity contribution in [1.29, 1.82) is 0 Å². The number of hydrogen-bond donors (Lipinski definition) is 2. The summed E-state index contributed by atoms with van der Waals surface area (Å²) in [5.74, 6) is 0.300. The van der Waals surface area contributed by atoms with E-state index < -0.39 is 0 Å². The fourth-order valence-electron chi connectivity index (χ4n) is 1.78. The third-order valence-corrected chi connectivity index (χ3v) is 2.64. The van der Waals surface area contributed by atoms with Crippen LogP contribution < -0.4 is 5.73 Å². The zero-order valence-electron chi connectivity index (χ0n) is 10.6. The molecule has 0 radical (unpaired) electrons. The van der Waals surface area contributed by atoms with Gasteiger partial charge in [-0.05, 0) is 32.5 Å². The molecule has 0 spiro atoms. The van der Waals surface area contributed by atoms with Crippen LogP contribution in [0, 0.1) is 6.92 Å². The zero-order chi connectivity index (χ0) is 12.7. The highest BCUT2D eigenvalue weighted by molar-refractivity contribution is 5.79. The Morgan fingerprint density at radius 1 is 1.47 bits per heavy atom. The average Bonchev–Trinajstić information content (AvgIpc) is 2.28. The van der Waals surface area contributed by atoms with Crippen LogP contribution in [-0.4, -0.2) is 29.5 Å². The molecule has 4 heteroatoms. The molecular weight excluding hydrogens is 214 g/mol. The lowest BCUT2D eigenvalue weighted by Gasteiger charge is -2.16. The van der Waals surface area contributed by atoms with Crippen molar-refractivity contribution in [1.82, 2.24) is 4.90 Å². The molecule has 0 saturated heterocycles. The third kappa shape index (κ3) is 5.36. The van der Waals surface area contributed by atoms with Crippen molar-refractivity contribution in [2.75, 3.05) is 13.6 Å². The van der Waals surface area contributed by atoms with Gasteiger partial charge in [0, 0.05) is 13.0 Å². The molecule has 0 aliphatic heterocycles. The molecule has 3 N–H and O–H groups in total. The molecule has 0 fully saturated rings. The van der Waals surface area contributed by atoms with Crippen molar-refractivity contribution in [2.24, 2.45) is 10.9 Å². The summed E-state index contributed by atoms with van der Waals surface area (Å²) < 4.78 is 0. The first-order valence-corrected chi connectivity index (χ1v) is 5.82. The summed E-state index contributed by atoms with van der Waals surface area (Å²) in [6, 6.07) is 8.50. The van der Waals surface area contributed by atoms with Crippen LogP contribution in [0.25, 0.3) is 0 Å². The van der Waals surface area contributed by atoms with E-state index >= 15 is 0 Å². The topological polar surface area (TPSA) is 61.8 Å². The summed E-state index contributed by atoms with van der Waals surface area (Å²) in [4.78, 5) is 2.24. The summed E-state index contributed by atoms with van der Waals surface area (Å²) in [5, 5.41) is 11.4. The monoisotopic (exact) mass is 235 g/mol. The van der Waals surface area contributed by atoms with Crippen LogP contribution in [0.3, 0.4) is 0 Å². The summed E-state index contributed by atoms with van der Waals surface area (Å²) >= 11 is 0. The number of nitrogens with zero attached hydrogens (tertiary/aromatic N) is 2. The molecule has 17 heavy (non-hydrogen) atoms. The third-order valence-electron chi connectivity index (χ3n) is 2.64. The highest BCUT2D eigenvalue weighted by Crippen LogP contribution is 2.07. The van der Waals surface area contributed by atoms with Crippen LogP contribution in [0.15, 0.2) is 29.4 Å². The van der Waals surface area contributed by atoms with Gasteiger partial charge >= 0.3 is 0 Å². The SMILES string of the molecule is Cc1cccc(CN(C)CCC/C(N)=N/O)c1. The summed E-state index contributed by atoms with van der Waals surface area (Å²) in [7, 11) is 2.08. The second-order valence-corrected chi connectivity index (χ2v) is 4.42. The molecule has 0 heterocycles. The van der Waals surface area contributed by atoms with Gasteiger partial charge in [-0.25, -0.2) is 0 Å². The highest BCUT2D eigenvalue weighted by Gasteiger charge is 2.01. The maximum absolute atomic E-state index is 8.42. The Kier molecular flexibility index (Phi) is 5.49. The van der Waals surface area contributed by atoms with E-state index in [0.717, 1.165) is 19.5 Å². The Morgan fingerprint density at radius 2 is 2.24 bits per heavy atom. The lowest BCUT2D eigenvalue weighted by molar-refractivity contribution is 0.311. The molecule has 0 aromatic heterocycles. The maximum Gasteiger partial charge on any atom is 0.139 e. The molecule has 0 bridgehead atoms. The van der Waals surface area contributed by atoms with Gasteiger partial charge in [-0.15, -0.1) is 0 Å². The van der Waals surface area contributed by atoms with Crippen molar-refractivity contribution in [3.05, 3.63) is 35.4 Å². The fraction of sp³-hybridized carbons (Fsp3) is 0.462. The van der Waals surface area contributed by atoms with Gasteiger partial charge in [0.15, 0.2) is 0 Å². The van der Waals surface area contributed by atoms with E-state index in [9.17, 15) is 0 Å². The van der Waals surface area contributed by atoms with Crippen LogP contribution in [0.4, 0.5) is 0 Å². The molecule has 0 unspecified atom stereocenters. The lowest BCUT2D eigenvalue weighted by atomic mass is 10.1. The van der Waals surface area contributed by atoms with Crippen LogP contribution in [0.5, 0.6) is 0 Å². The molecule has 1 rings (SSSR count). The van der Waals surface area contributed by atoms with E-state index in [-0.39, 0.29) is 0 Å². The predicted octanol–water partition coefficient (Wildman–Crippen LogP) is 1.95. The Morgan fingerprint density at radius 3 is 2.88 bits per heavy atom. The van der Waals surface area contributed by atoms with Gasteiger partial charge in [-0.1, -0.05) is 35.0 Å². The molecule has 1 aromatic rings. The summed E-state index contributed by atoms with van der Waals surface area (Å²) in [6.45, 7) is 3.96. The van der Waals surface area contributed by atoms with Crippen molar-refractivity contribution in [2.45, 2.75) is 26.3 Å². The standard InChI is InChI=1S/C13H21N3O/c1-11-5-3-6-12(9-11)10-16(2)8-4-7-13(14)15-17/h3,5-6,9,17H,4,7-8,10H2,1-2H3,(H2,14,15). The van der Waals surface area contributed by atoms with Gasteiger partial charge < -0.3 is 15.8 Å². The van der Waals surface area contributed by atoms with Gasteiger partial charge in [0.2, 0.25) is 0 Å². The Balaban J connectivity index is 2.32. The predicted molar refractivity (Wildman–Crippen MR) is 70.2 cm³/mol. The van der Waals surface area contributed by atoms with Gasteiger partial charge in [-0.2, -0.15) is 0 Å². The zero-order valence-corrected chi connectivity index (χ0v) is 10.6. The van der Waals surface area contributed by atoms with E-state index in [1.54, 1.807) is 0 Å². The largest absolute Gasteiger partial charge is 0.409 e. The Hall–Kier alpha value is -1.55. The molecule has 0 atom stereocenters. The number of rotatable bonds is 6. The minimum Gasteiger partial charge on any atom is -0.409 e. The lowest BCUT2D eigenvalue weighted by Crippen LogP contribution is -2.21. The summed E-state index contributed by atoms with van der Waals surface area (Å²) in [5.41, 5.74) is 8.01. The van der Waals surface area contributed by atoms with Gasteiger partial charge in [0.05, 0.1) is 0 Å². The van der Waals surface area contributed by atoms with E-state index in [1.807, 2.05) is 0 Å². The Bertz CT molecular complexity index is 377. The maximum atomic E-state index is 8.42. The van der Waals surface area contributed by atoms with Gasteiger partial charge in [0.1, 0.15) is 5.84 Å². The van der Waals surface area contributed by atoms with E-state index in [0.29, 0.717) is 12.3 Å². The first-order valence-electron chi connectivity index (χ1n) is 5.82. The number of amidine groups is 1. The highest BCUT2D eigenvalue weighted by atomic mass is 16.4.